The van der Waals surface area contributed by atoms with E-state index in [4.69, 9.17) is 9.15 Å². The highest BCUT2D eigenvalue weighted by Gasteiger charge is 2.13. The fourth-order valence-electron chi connectivity index (χ4n) is 2.18. The Balaban J connectivity index is 2.05. The minimum atomic E-state index is -0.0565. The van der Waals surface area contributed by atoms with Crippen LogP contribution in [0.1, 0.15) is 11.7 Å². The molecule has 20 heavy (non-hydrogen) atoms. The maximum absolute atomic E-state index is 12.2. The number of ether oxygens (including phenoxy) is 1. The fraction of sp³-hybridized carbons (Fsp3) is 0.118. The summed E-state index contributed by atoms with van der Waals surface area (Å²) in [5.41, 5.74) is 0.520. The van der Waals surface area contributed by atoms with Gasteiger partial charge in [0.05, 0.1) is 11.3 Å². The van der Waals surface area contributed by atoms with Crippen LogP contribution in [0.2, 0.25) is 0 Å². The van der Waals surface area contributed by atoms with E-state index in [1.807, 2.05) is 24.3 Å². The predicted octanol–water partition coefficient (Wildman–Crippen LogP) is 3.57. The van der Waals surface area contributed by atoms with Gasteiger partial charge in [0.15, 0.2) is 5.43 Å². The van der Waals surface area contributed by atoms with Crippen LogP contribution < -0.4 is 10.2 Å². The van der Waals surface area contributed by atoms with Gasteiger partial charge >= 0.3 is 0 Å². The first-order chi connectivity index (χ1) is 9.78. The van der Waals surface area contributed by atoms with E-state index in [0.29, 0.717) is 29.1 Å². The third-order valence-corrected chi connectivity index (χ3v) is 3.16. The molecule has 100 valence electrons. The molecular weight excluding hydrogens is 252 g/mol. The Hall–Kier alpha value is -2.55. The SMILES string of the molecule is C=CCOc1ccc2oc(C3C=CC=C3)cc(=O)c2c1. The van der Waals surface area contributed by atoms with E-state index < -0.39 is 0 Å². The van der Waals surface area contributed by atoms with E-state index >= 15 is 0 Å². The lowest BCUT2D eigenvalue weighted by molar-refractivity contribution is 0.363. The van der Waals surface area contributed by atoms with Gasteiger partial charge in [0.1, 0.15) is 23.7 Å². The number of benzene rings is 1. The normalized spacial score (nSPS) is 14.0. The van der Waals surface area contributed by atoms with E-state index in [-0.39, 0.29) is 11.3 Å². The van der Waals surface area contributed by atoms with Crippen molar-refractivity contribution in [3.63, 3.8) is 0 Å². The Kier molecular flexibility index (Phi) is 3.25. The van der Waals surface area contributed by atoms with Gasteiger partial charge in [0, 0.05) is 6.07 Å². The van der Waals surface area contributed by atoms with Gasteiger partial charge in [-0.15, -0.1) is 0 Å². The molecule has 3 rings (SSSR count). The third-order valence-electron chi connectivity index (χ3n) is 3.16. The molecule has 1 aliphatic rings. The summed E-state index contributed by atoms with van der Waals surface area (Å²) in [6, 6.07) is 6.80. The number of rotatable bonds is 4. The monoisotopic (exact) mass is 266 g/mol. The quantitative estimate of drug-likeness (QED) is 0.794. The van der Waals surface area contributed by atoms with Gasteiger partial charge in [-0.05, 0) is 18.2 Å². The molecule has 1 aliphatic carbocycles. The van der Waals surface area contributed by atoms with Gasteiger partial charge in [0.2, 0.25) is 0 Å². The van der Waals surface area contributed by atoms with Gasteiger partial charge in [-0.1, -0.05) is 37.0 Å². The fourth-order valence-corrected chi connectivity index (χ4v) is 2.18. The molecule has 1 aromatic carbocycles. The summed E-state index contributed by atoms with van der Waals surface area (Å²) in [6.07, 6.45) is 9.54. The maximum Gasteiger partial charge on any atom is 0.193 e. The molecule has 0 amide bonds. The third kappa shape index (κ3) is 2.30. The molecule has 0 bridgehead atoms. The number of allylic oxidation sites excluding steroid dienone is 4. The first kappa shape index (κ1) is 12.5. The van der Waals surface area contributed by atoms with Crippen LogP contribution in [-0.4, -0.2) is 6.61 Å². The maximum atomic E-state index is 12.2. The Labute approximate surface area is 116 Å². The van der Waals surface area contributed by atoms with Crippen molar-refractivity contribution in [1.82, 2.24) is 0 Å². The molecule has 1 heterocycles. The molecular formula is C17H14O3. The van der Waals surface area contributed by atoms with Crippen molar-refractivity contribution in [1.29, 1.82) is 0 Å². The average Bonchev–Trinajstić information content (AvgIpc) is 2.99. The van der Waals surface area contributed by atoms with Crippen LogP contribution in [-0.2, 0) is 0 Å². The summed E-state index contributed by atoms with van der Waals surface area (Å²) in [5, 5.41) is 0.529. The first-order valence-electron chi connectivity index (χ1n) is 6.44. The second kappa shape index (κ2) is 5.21. The Morgan fingerprint density at radius 2 is 2.05 bits per heavy atom. The summed E-state index contributed by atoms with van der Waals surface area (Å²) in [4.78, 5) is 12.2. The van der Waals surface area contributed by atoms with Crippen LogP contribution in [0.25, 0.3) is 11.0 Å². The minimum Gasteiger partial charge on any atom is -0.490 e. The molecule has 0 atom stereocenters. The largest absolute Gasteiger partial charge is 0.490 e. The van der Waals surface area contributed by atoms with E-state index in [2.05, 4.69) is 6.58 Å². The second-order valence-electron chi connectivity index (χ2n) is 4.57. The molecule has 3 nitrogen and oxygen atoms in total. The minimum absolute atomic E-state index is 0.0452. The average molecular weight is 266 g/mol. The van der Waals surface area contributed by atoms with Crippen molar-refractivity contribution in [2.45, 2.75) is 5.92 Å². The number of fused-ring (bicyclic) bond motifs is 1. The van der Waals surface area contributed by atoms with Crippen molar-refractivity contribution >= 4 is 11.0 Å². The van der Waals surface area contributed by atoms with Crippen molar-refractivity contribution in [3.05, 3.63) is 77.2 Å². The van der Waals surface area contributed by atoms with Crippen LogP contribution in [0.15, 0.2) is 70.4 Å². The summed E-state index contributed by atoms with van der Waals surface area (Å²) in [5.74, 6) is 1.34. The lowest BCUT2D eigenvalue weighted by Crippen LogP contribution is -2.04. The summed E-state index contributed by atoms with van der Waals surface area (Å²) < 4.78 is 11.2. The van der Waals surface area contributed by atoms with E-state index in [1.54, 1.807) is 30.3 Å². The van der Waals surface area contributed by atoms with Crippen molar-refractivity contribution in [2.75, 3.05) is 6.61 Å². The molecule has 0 aliphatic heterocycles. The molecule has 0 fully saturated rings. The lowest BCUT2D eigenvalue weighted by Gasteiger charge is -2.08. The zero-order valence-corrected chi connectivity index (χ0v) is 10.9. The molecule has 3 heteroatoms. The zero-order valence-electron chi connectivity index (χ0n) is 10.9. The standard InChI is InChI=1S/C17H14O3/c1-2-9-19-13-7-8-16-14(10-13)15(18)11-17(20-16)12-5-3-4-6-12/h2-8,10-12H,1,9H2. The Bertz CT molecular complexity index is 753. The van der Waals surface area contributed by atoms with Crippen molar-refractivity contribution in [2.24, 2.45) is 0 Å². The Morgan fingerprint density at radius 1 is 1.25 bits per heavy atom. The highest BCUT2D eigenvalue weighted by atomic mass is 16.5. The lowest BCUT2D eigenvalue weighted by atomic mass is 10.1. The number of hydrogen-bond donors (Lipinski definition) is 0. The summed E-state index contributed by atoms with van der Waals surface area (Å²) >= 11 is 0. The molecule has 0 radical (unpaired) electrons. The number of hydrogen-bond acceptors (Lipinski definition) is 3. The van der Waals surface area contributed by atoms with Crippen LogP contribution >= 0.6 is 0 Å². The topological polar surface area (TPSA) is 39.4 Å². The van der Waals surface area contributed by atoms with Crippen LogP contribution in [0.5, 0.6) is 5.75 Å². The molecule has 0 saturated carbocycles. The van der Waals surface area contributed by atoms with E-state index in [1.165, 1.54) is 0 Å². The highest BCUT2D eigenvalue weighted by molar-refractivity contribution is 5.78. The molecule has 0 unspecified atom stereocenters. The van der Waals surface area contributed by atoms with Gasteiger partial charge < -0.3 is 9.15 Å². The van der Waals surface area contributed by atoms with Crippen molar-refractivity contribution < 1.29 is 9.15 Å². The van der Waals surface area contributed by atoms with Gasteiger partial charge in [-0.3, -0.25) is 4.79 Å². The highest BCUT2D eigenvalue weighted by Crippen LogP contribution is 2.26. The Morgan fingerprint density at radius 3 is 2.80 bits per heavy atom. The first-order valence-corrected chi connectivity index (χ1v) is 6.44. The molecule has 0 saturated heterocycles. The van der Waals surface area contributed by atoms with E-state index in [0.717, 1.165) is 0 Å². The second-order valence-corrected chi connectivity index (χ2v) is 4.57. The van der Waals surface area contributed by atoms with Crippen LogP contribution in [0.4, 0.5) is 0 Å². The van der Waals surface area contributed by atoms with Gasteiger partial charge in [-0.2, -0.15) is 0 Å². The van der Waals surface area contributed by atoms with Gasteiger partial charge in [-0.25, -0.2) is 0 Å². The van der Waals surface area contributed by atoms with E-state index in [9.17, 15) is 4.79 Å². The summed E-state index contributed by atoms with van der Waals surface area (Å²) in [7, 11) is 0. The molecule has 0 N–H and O–H groups in total. The van der Waals surface area contributed by atoms with Crippen LogP contribution in [0.3, 0.4) is 0 Å². The molecule has 1 aromatic heterocycles. The van der Waals surface area contributed by atoms with Gasteiger partial charge in [0.25, 0.3) is 0 Å². The van der Waals surface area contributed by atoms with Crippen LogP contribution in [0, 0.1) is 0 Å². The predicted molar refractivity (Wildman–Crippen MR) is 79.2 cm³/mol. The zero-order chi connectivity index (χ0) is 13.9. The molecule has 0 spiro atoms. The molecule has 2 aromatic rings. The summed E-state index contributed by atoms with van der Waals surface area (Å²) in [6.45, 7) is 4.00. The van der Waals surface area contributed by atoms with Crippen molar-refractivity contribution in [3.8, 4) is 5.75 Å². The smallest absolute Gasteiger partial charge is 0.193 e.